The predicted molar refractivity (Wildman–Crippen MR) is 188 cm³/mol. The maximum absolute atomic E-state index is 5.67. The Morgan fingerprint density at radius 1 is 0.652 bits per heavy atom. The van der Waals surface area contributed by atoms with E-state index < -0.39 is 0 Å². The molecule has 5 rings (SSSR count). The summed E-state index contributed by atoms with van der Waals surface area (Å²) in [5.41, 5.74) is 0.417. The highest BCUT2D eigenvalue weighted by Crippen LogP contribution is 2.34. The van der Waals surface area contributed by atoms with Crippen LogP contribution < -0.4 is 30.7 Å². The summed E-state index contributed by atoms with van der Waals surface area (Å²) < 4.78 is 11.3. The Balaban J connectivity index is 1.27. The maximum atomic E-state index is 5.67. The second-order valence-electron chi connectivity index (χ2n) is 16.9. The fraction of sp³-hybridized carbons (Fsp3) is 0.914. The Labute approximate surface area is 279 Å². The molecule has 0 saturated carbocycles. The fourth-order valence-corrected chi connectivity index (χ4v) is 8.75. The lowest BCUT2D eigenvalue weighted by atomic mass is 9.79. The van der Waals surface area contributed by atoms with Crippen molar-refractivity contribution < 1.29 is 9.47 Å². The van der Waals surface area contributed by atoms with Gasteiger partial charge in [-0.2, -0.15) is 15.0 Å². The lowest BCUT2D eigenvalue weighted by molar-refractivity contribution is 0.121. The summed E-state index contributed by atoms with van der Waals surface area (Å²) in [6.45, 7) is 26.8. The molecule has 0 amide bonds. The van der Waals surface area contributed by atoms with Crippen LogP contribution in [0, 0.1) is 0 Å². The zero-order valence-electron chi connectivity index (χ0n) is 30.4. The zero-order valence-corrected chi connectivity index (χ0v) is 30.4. The summed E-state index contributed by atoms with van der Waals surface area (Å²) in [5.74, 6) is 2.39. The van der Waals surface area contributed by atoms with Crippen LogP contribution in [-0.2, 0) is 9.47 Å². The topological polar surface area (TPSA) is 103 Å². The van der Waals surface area contributed by atoms with Crippen LogP contribution in [0.1, 0.15) is 107 Å². The van der Waals surface area contributed by atoms with E-state index >= 15 is 0 Å². The van der Waals surface area contributed by atoms with Crippen LogP contribution in [0.15, 0.2) is 0 Å². The normalized spacial score (nSPS) is 25.0. The van der Waals surface area contributed by atoms with Gasteiger partial charge in [0, 0.05) is 67.0 Å². The van der Waals surface area contributed by atoms with Crippen LogP contribution in [0.3, 0.4) is 0 Å². The first-order chi connectivity index (χ1) is 21.7. The Hall–Kier alpha value is -1.79. The number of rotatable bonds is 12. The molecule has 1 aromatic heterocycles. The van der Waals surface area contributed by atoms with Crippen LogP contribution in [0.2, 0.25) is 0 Å². The van der Waals surface area contributed by atoms with E-state index in [0.717, 1.165) is 76.4 Å². The molecular formula is C35H65N9O2. The summed E-state index contributed by atoms with van der Waals surface area (Å²) in [6, 6.07) is 0.926. The number of ether oxygens (including phenoxy) is 2. The Bertz CT molecular complexity index is 1050. The number of anilines is 3. The molecule has 5 heterocycles. The molecule has 4 aliphatic rings. The van der Waals surface area contributed by atoms with E-state index in [0.29, 0.717) is 38.5 Å². The number of hydrogen-bond acceptors (Lipinski definition) is 11. The van der Waals surface area contributed by atoms with Gasteiger partial charge in [-0.1, -0.05) is 12.8 Å². The monoisotopic (exact) mass is 644 g/mol. The molecule has 11 heteroatoms. The third kappa shape index (κ3) is 10.1. The van der Waals surface area contributed by atoms with Gasteiger partial charge in [-0.25, -0.2) is 0 Å². The van der Waals surface area contributed by atoms with Crippen molar-refractivity contribution in [2.45, 2.75) is 141 Å². The lowest BCUT2D eigenvalue weighted by Gasteiger charge is -2.49. The number of piperidine rings is 2. The Morgan fingerprint density at radius 3 is 1.61 bits per heavy atom. The smallest absolute Gasteiger partial charge is 0.232 e. The van der Waals surface area contributed by atoms with E-state index in [9.17, 15) is 0 Å². The SMILES string of the molecule is CC1(C)CC(NCCCCCCN(c2nc(N3CCOCC3)nc(N3CCOCC3)n2)C2CC(C)(C)NC(C)(C)C2)CC(C)(C)N1. The third-order valence-electron chi connectivity index (χ3n) is 10.0. The number of morpholine rings is 2. The molecule has 0 spiro atoms. The largest absolute Gasteiger partial charge is 0.378 e. The zero-order chi connectivity index (χ0) is 33.0. The van der Waals surface area contributed by atoms with Gasteiger partial charge in [-0.05, 0) is 100 Å². The molecule has 4 saturated heterocycles. The van der Waals surface area contributed by atoms with Gasteiger partial charge in [0.05, 0.1) is 26.4 Å². The van der Waals surface area contributed by atoms with E-state index in [2.05, 4.69) is 86.0 Å². The van der Waals surface area contributed by atoms with Crippen molar-refractivity contribution in [3.8, 4) is 0 Å². The van der Waals surface area contributed by atoms with Gasteiger partial charge < -0.3 is 40.1 Å². The van der Waals surface area contributed by atoms with Crippen molar-refractivity contribution in [3.05, 3.63) is 0 Å². The van der Waals surface area contributed by atoms with Crippen LogP contribution >= 0.6 is 0 Å². The molecule has 11 nitrogen and oxygen atoms in total. The molecule has 0 aliphatic carbocycles. The summed E-state index contributed by atoms with van der Waals surface area (Å²) in [5, 5.41) is 11.6. The highest BCUT2D eigenvalue weighted by molar-refractivity contribution is 5.48. The number of hydrogen-bond donors (Lipinski definition) is 3. The number of unbranched alkanes of at least 4 members (excludes halogenated alkanes) is 3. The van der Waals surface area contributed by atoms with Crippen LogP contribution in [0.5, 0.6) is 0 Å². The molecule has 262 valence electrons. The van der Waals surface area contributed by atoms with Gasteiger partial charge in [0.2, 0.25) is 17.8 Å². The minimum atomic E-state index is 0.0290. The van der Waals surface area contributed by atoms with Gasteiger partial charge in [0.15, 0.2) is 0 Å². The van der Waals surface area contributed by atoms with Crippen molar-refractivity contribution >= 4 is 17.8 Å². The van der Waals surface area contributed by atoms with Crippen molar-refractivity contribution in [2.75, 3.05) is 80.4 Å². The maximum Gasteiger partial charge on any atom is 0.232 e. The van der Waals surface area contributed by atoms with Crippen LogP contribution in [0.4, 0.5) is 17.8 Å². The van der Waals surface area contributed by atoms with E-state index in [-0.39, 0.29) is 22.2 Å². The quantitative estimate of drug-likeness (QED) is 0.287. The predicted octanol–water partition coefficient (Wildman–Crippen LogP) is 4.12. The first kappa shape index (κ1) is 35.5. The standard InChI is InChI=1S/C35H65N9O2/c1-32(2)23-27(24-33(3,4)40-32)36-13-11-9-10-12-14-44(28-25-34(5,6)41-35(7,8)26-28)31-38-29(42-15-19-45-20-16-42)37-30(39-31)43-17-21-46-22-18-43/h27-28,36,40-41H,9-26H2,1-8H3. The van der Waals surface area contributed by atoms with Crippen molar-refractivity contribution in [3.63, 3.8) is 0 Å². The first-order valence-electron chi connectivity index (χ1n) is 18.2. The first-order valence-corrected chi connectivity index (χ1v) is 18.2. The summed E-state index contributed by atoms with van der Waals surface area (Å²) in [7, 11) is 0. The third-order valence-corrected chi connectivity index (χ3v) is 10.0. The molecule has 4 aliphatic heterocycles. The second kappa shape index (κ2) is 14.8. The number of aromatic nitrogens is 3. The van der Waals surface area contributed by atoms with Crippen molar-refractivity contribution in [2.24, 2.45) is 0 Å². The molecule has 46 heavy (non-hydrogen) atoms. The van der Waals surface area contributed by atoms with Crippen LogP contribution in [0.25, 0.3) is 0 Å². The molecule has 0 radical (unpaired) electrons. The van der Waals surface area contributed by atoms with Gasteiger partial charge in [-0.3, -0.25) is 0 Å². The van der Waals surface area contributed by atoms with E-state index in [1.165, 1.54) is 32.1 Å². The van der Waals surface area contributed by atoms with Gasteiger partial charge in [-0.15, -0.1) is 0 Å². The van der Waals surface area contributed by atoms with Gasteiger partial charge in [0.1, 0.15) is 0 Å². The minimum Gasteiger partial charge on any atom is -0.378 e. The van der Waals surface area contributed by atoms with E-state index in [1.807, 2.05) is 0 Å². The Kier molecular flexibility index (Phi) is 11.4. The summed E-state index contributed by atoms with van der Waals surface area (Å²) in [4.78, 5) is 22.5. The van der Waals surface area contributed by atoms with E-state index in [1.54, 1.807) is 0 Å². The molecule has 0 atom stereocenters. The highest BCUT2D eigenvalue weighted by Gasteiger charge is 2.41. The average Bonchev–Trinajstić information content (AvgIpc) is 2.96. The average molecular weight is 644 g/mol. The molecule has 0 bridgehead atoms. The summed E-state index contributed by atoms with van der Waals surface area (Å²) >= 11 is 0. The molecule has 0 aromatic carbocycles. The number of nitrogens with zero attached hydrogens (tertiary/aromatic N) is 6. The molecular weight excluding hydrogens is 578 g/mol. The highest BCUT2D eigenvalue weighted by atomic mass is 16.5. The lowest BCUT2D eigenvalue weighted by Crippen LogP contribution is -2.62. The van der Waals surface area contributed by atoms with Crippen LogP contribution in [-0.4, -0.2) is 115 Å². The van der Waals surface area contributed by atoms with Crippen molar-refractivity contribution in [1.82, 2.24) is 30.9 Å². The Morgan fingerprint density at radius 2 is 1.11 bits per heavy atom. The second-order valence-corrected chi connectivity index (χ2v) is 16.9. The molecule has 3 N–H and O–H groups in total. The van der Waals surface area contributed by atoms with Gasteiger partial charge >= 0.3 is 0 Å². The number of nitrogens with one attached hydrogen (secondary N) is 3. The van der Waals surface area contributed by atoms with Crippen molar-refractivity contribution in [1.29, 1.82) is 0 Å². The van der Waals surface area contributed by atoms with E-state index in [4.69, 9.17) is 24.4 Å². The molecule has 1 aromatic rings. The molecule has 4 fully saturated rings. The summed E-state index contributed by atoms with van der Waals surface area (Å²) in [6.07, 6.45) is 9.24. The fourth-order valence-electron chi connectivity index (χ4n) is 8.75. The van der Waals surface area contributed by atoms with Gasteiger partial charge in [0.25, 0.3) is 0 Å². The minimum absolute atomic E-state index is 0.0290. The molecule has 0 unspecified atom stereocenters.